The molecule has 38 heavy (non-hydrogen) atoms. The molecule has 0 aliphatic carbocycles. The number of alkyl halides is 3. The lowest BCUT2D eigenvalue weighted by atomic mass is 9.97. The van der Waals surface area contributed by atoms with Crippen molar-refractivity contribution in [1.82, 2.24) is 4.90 Å². The number of hydrogen-bond acceptors (Lipinski definition) is 3. The molecule has 2 N–H and O–H groups in total. The van der Waals surface area contributed by atoms with Gasteiger partial charge in [0.2, 0.25) is 0 Å². The molecule has 1 aliphatic heterocycles. The maximum absolute atomic E-state index is 13.2. The van der Waals surface area contributed by atoms with Gasteiger partial charge < -0.3 is 10.4 Å². The van der Waals surface area contributed by atoms with Gasteiger partial charge in [0.1, 0.15) is 5.75 Å². The molecule has 0 bridgehead atoms. The van der Waals surface area contributed by atoms with E-state index in [1.54, 1.807) is 30.3 Å². The van der Waals surface area contributed by atoms with Crippen molar-refractivity contribution in [3.8, 4) is 16.9 Å². The molecule has 0 spiro atoms. The molecule has 1 heterocycles. The Morgan fingerprint density at radius 2 is 1.63 bits per heavy atom. The van der Waals surface area contributed by atoms with E-state index in [0.717, 1.165) is 50.2 Å². The fraction of sp³-hybridized carbons (Fsp3) is 0.194. The number of anilines is 1. The van der Waals surface area contributed by atoms with Crippen LogP contribution < -0.4 is 5.32 Å². The largest absolute Gasteiger partial charge is 0.508 e. The van der Waals surface area contributed by atoms with Crippen molar-refractivity contribution >= 4 is 11.6 Å². The van der Waals surface area contributed by atoms with Crippen LogP contribution in [0.5, 0.6) is 5.75 Å². The number of carbonyl (C=O) groups excluding carboxylic acids is 1. The van der Waals surface area contributed by atoms with Gasteiger partial charge in [0.25, 0.3) is 5.91 Å². The summed E-state index contributed by atoms with van der Waals surface area (Å²) in [5.74, 6) is 0.00532. The monoisotopic (exact) mass is 516 g/mol. The lowest BCUT2D eigenvalue weighted by Crippen LogP contribution is -2.32. The smallest absolute Gasteiger partial charge is 0.416 e. The van der Waals surface area contributed by atoms with Crippen molar-refractivity contribution < 1.29 is 23.1 Å². The number of amides is 1. The van der Waals surface area contributed by atoms with E-state index in [1.165, 1.54) is 23.3 Å². The topological polar surface area (TPSA) is 52.6 Å². The van der Waals surface area contributed by atoms with Crippen LogP contribution in [0, 0.1) is 0 Å². The molecule has 0 saturated carbocycles. The van der Waals surface area contributed by atoms with Gasteiger partial charge in [-0.05, 0) is 77.1 Å². The molecule has 0 saturated heterocycles. The lowest BCUT2D eigenvalue weighted by Gasteiger charge is -2.29. The fourth-order valence-corrected chi connectivity index (χ4v) is 4.85. The molecular weight excluding hydrogens is 489 g/mol. The standard InChI is InChI=1S/C31H27F3N2O2/c32-31(33,34)25-12-9-21(10-13-25)27-6-2-3-7-28(27)30(38)35-26-14-11-24-20-36(18-16-23(24)19-26)17-15-22-5-1-4-8-29(22)37/h1-14,19,37H,15-18,20H2,(H,35,38). The van der Waals surface area contributed by atoms with E-state index in [2.05, 4.69) is 10.2 Å². The van der Waals surface area contributed by atoms with Crippen LogP contribution in [-0.4, -0.2) is 29.0 Å². The van der Waals surface area contributed by atoms with E-state index in [-0.39, 0.29) is 5.91 Å². The first kappa shape index (κ1) is 25.5. The highest BCUT2D eigenvalue weighted by Gasteiger charge is 2.30. The second kappa shape index (κ2) is 10.7. The first-order chi connectivity index (χ1) is 18.3. The van der Waals surface area contributed by atoms with Crippen LogP contribution in [0.15, 0.2) is 91.0 Å². The summed E-state index contributed by atoms with van der Waals surface area (Å²) in [5, 5.41) is 13.0. The summed E-state index contributed by atoms with van der Waals surface area (Å²) in [4.78, 5) is 15.5. The summed E-state index contributed by atoms with van der Waals surface area (Å²) in [7, 11) is 0. The molecule has 4 aromatic rings. The minimum Gasteiger partial charge on any atom is -0.508 e. The Morgan fingerprint density at radius 1 is 0.895 bits per heavy atom. The number of halogens is 3. The van der Waals surface area contributed by atoms with Crippen LogP contribution in [0.4, 0.5) is 18.9 Å². The van der Waals surface area contributed by atoms with Gasteiger partial charge >= 0.3 is 6.18 Å². The van der Waals surface area contributed by atoms with Crippen LogP contribution >= 0.6 is 0 Å². The zero-order valence-electron chi connectivity index (χ0n) is 20.6. The summed E-state index contributed by atoms with van der Waals surface area (Å²) in [6.45, 7) is 2.53. The molecule has 1 amide bonds. The molecule has 5 rings (SSSR count). The molecule has 0 atom stereocenters. The first-order valence-electron chi connectivity index (χ1n) is 12.5. The molecule has 194 valence electrons. The number of nitrogens with one attached hydrogen (secondary N) is 1. The molecule has 0 fully saturated rings. The number of carbonyl (C=O) groups is 1. The van der Waals surface area contributed by atoms with E-state index in [0.29, 0.717) is 28.1 Å². The van der Waals surface area contributed by atoms with Crippen molar-refractivity contribution in [2.75, 3.05) is 18.4 Å². The van der Waals surface area contributed by atoms with Crippen molar-refractivity contribution in [1.29, 1.82) is 0 Å². The van der Waals surface area contributed by atoms with Gasteiger partial charge in [-0.3, -0.25) is 9.69 Å². The summed E-state index contributed by atoms with van der Waals surface area (Å²) in [6.07, 6.45) is -2.79. The number of aromatic hydroxyl groups is 1. The summed E-state index contributed by atoms with van der Waals surface area (Å²) < 4.78 is 38.9. The number of para-hydroxylation sites is 1. The number of benzene rings is 4. The predicted molar refractivity (Wildman–Crippen MR) is 142 cm³/mol. The minimum absolute atomic E-state index is 0.319. The Hall–Kier alpha value is -4.10. The third kappa shape index (κ3) is 5.73. The SMILES string of the molecule is O=C(Nc1ccc2c(c1)CCN(CCc1ccccc1O)C2)c1ccccc1-c1ccc(C(F)(F)F)cc1. The van der Waals surface area contributed by atoms with Crippen molar-refractivity contribution in [2.45, 2.75) is 25.6 Å². The molecule has 1 aliphatic rings. The Labute approximate surface area is 219 Å². The van der Waals surface area contributed by atoms with Gasteiger partial charge in [-0.2, -0.15) is 13.2 Å². The molecule has 4 aromatic carbocycles. The Balaban J connectivity index is 1.26. The van der Waals surface area contributed by atoms with Gasteiger partial charge in [0, 0.05) is 30.9 Å². The number of phenols is 1. The predicted octanol–water partition coefficient (Wildman–Crippen LogP) is 6.93. The Kier molecular flexibility index (Phi) is 7.20. The summed E-state index contributed by atoms with van der Waals surface area (Å²) in [5.41, 5.74) is 4.77. The van der Waals surface area contributed by atoms with Gasteiger partial charge in [0.15, 0.2) is 0 Å². The molecule has 0 radical (unpaired) electrons. The lowest BCUT2D eigenvalue weighted by molar-refractivity contribution is -0.137. The van der Waals surface area contributed by atoms with E-state index in [1.807, 2.05) is 36.4 Å². The zero-order chi connectivity index (χ0) is 26.7. The Bertz CT molecular complexity index is 1450. The highest BCUT2D eigenvalue weighted by Crippen LogP contribution is 2.32. The average molecular weight is 517 g/mol. The third-order valence-corrected chi connectivity index (χ3v) is 6.94. The molecule has 0 unspecified atom stereocenters. The van der Waals surface area contributed by atoms with Crippen LogP contribution in [0.1, 0.15) is 32.6 Å². The number of nitrogens with zero attached hydrogens (tertiary/aromatic N) is 1. The van der Waals surface area contributed by atoms with Crippen LogP contribution in [0.2, 0.25) is 0 Å². The normalized spacial score (nSPS) is 13.7. The van der Waals surface area contributed by atoms with E-state index >= 15 is 0 Å². The van der Waals surface area contributed by atoms with Crippen molar-refractivity contribution in [3.05, 3.63) is 119 Å². The summed E-state index contributed by atoms with van der Waals surface area (Å²) >= 11 is 0. The second-order valence-electron chi connectivity index (χ2n) is 9.46. The molecular formula is C31H27F3N2O2. The number of fused-ring (bicyclic) bond motifs is 1. The number of phenolic OH excluding ortho intramolecular Hbond substituents is 1. The molecule has 4 nitrogen and oxygen atoms in total. The minimum atomic E-state index is -4.41. The molecule has 7 heteroatoms. The maximum Gasteiger partial charge on any atom is 0.416 e. The highest BCUT2D eigenvalue weighted by atomic mass is 19.4. The maximum atomic E-state index is 13.2. The first-order valence-corrected chi connectivity index (χ1v) is 12.5. The third-order valence-electron chi connectivity index (χ3n) is 6.94. The van der Waals surface area contributed by atoms with Crippen molar-refractivity contribution in [3.63, 3.8) is 0 Å². The average Bonchev–Trinajstić information content (AvgIpc) is 2.92. The summed E-state index contributed by atoms with van der Waals surface area (Å²) in [6, 6.07) is 25.0. The second-order valence-corrected chi connectivity index (χ2v) is 9.46. The quantitative estimate of drug-likeness (QED) is 0.292. The zero-order valence-corrected chi connectivity index (χ0v) is 20.6. The van der Waals surface area contributed by atoms with Gasteiger partial charge in [-0.15, -0.1) is 0 Å². The fourth-order valence-electron chi connectivity index (χ4n) is 4.85. The van der Waals surface area contributed by atoms with Gasteiger partial charge in [-0.1, -0.05) is 54.6 Å². The van der Waals surface area contributed by atoms with E-state index in [9.17, 15) is 23.1 Å². The van der Waals surface area contributed by atoms with E-state index in [4.69, 9.17) is 0 Å². The van der Waals surface area contributed by atoms with Crippen LogP contribution in [0.25, 0.3) is 11.1 Å². The van der Waals surface area contributed by atoms with Crippen LogP contribution in [0.3, 0.4) is 0 Å². The van der Waals surface area contributed by atoms with Gasteiger partial charge in [0.05, 0.1) is 5.56 Å². The van der Waals surface area contributed by atoms with Crippen molar-refractivity contribution in [2.24, 2.45) is 0 Å². The van der Waals surface area contributed by atoms with E-state index < -0.39 is 11.7 Å². The Morgan fingerprint density at radius 3 is 2.39 bits per heavy atom. The number of rotatable bonds is 6. The van der Waals surface area contributed by atoms with Gasteiger partial charge in [-0.25, -0.2) is 0 Å². The van der Waals surface area contributed by atoms with Crippen LogP contribution in [-0.2, 0) is 25.6 Å². The number of hydrogen-bond donors (Lipinski definition) is 2. The highest BCUT2D eigenvalue weighted by molar-refractivity contribution is 6.08. The molecule has 0 aromatic heterocycles.